The summed E-state index contributed by atoms with van der Waals surface area (Å²) in [4.78, 5) is 2.38. The SMILES string of the molecule is c1cc(-c2ccc(N(c3ccc(-c4cccc(-n5c6ccccc6c6ccccc65)c4)cc3)c3ccccc3-c3cccc4c3oc3ccccc34)cc2)cc(-c2cccc3ccccc23)c1. The van der Waals surface area contributed by atoms with E-state index in [-0.39, 0.29) is 0 Å². The number of anilines is 3. The summed E-state index contributed by atoms with van der Waals surface area (Å²) in [5.74, 6) is 0. The van der Waals surface area contributed by atoms with Gasteiger partial charge < -0.3 is 13.9 Å². The van der Waals surface area contributed by atoms with Gasteiger partial charge in [-0.25, -0.2) is 0 Å². The molecule has 3 heteroatoms. The molecule has 0 amide bonds. The minimum absolute atomic E-state index is 0.885. The van der Waals surface area contributed by atoms with Gasteiger partial charge in [-0.2, -0.15) is 0 Å². The van der Waals surface area contributed by atoms with Gasteiger partial charge in [-0.05, 0) is 111 Å². The van der Waals surface area contributed by atoms with Crippen molar-refractivity contribution in [3.8, 4) is 50.2 Å². The van der Waals surface area contributed by atoms with E-state index >= 15 is 0 Å². The first kappa shape index (κ1) is 38.5. The number of para-hydroxylation sites is 5. The van der Waals surface area contributed by atoms with Gasteiger partial charge in [0.15, 0.2) is 0 Å². The van der Waals surface area contributed by atoms with Crippen LogP contribution in [0.25, 0.3) is 105 Å². The van der Waals surface area contributed by atoms with E-state index in [9.17, 15) is 0 Å². The summed E-state index contributed by atoms with van der Waals surface area (Å²) < 4.78 is 9.02. The molecule has 0 fully saturated rings. The molecule has 0 N–H and O–H groups in total. The minimum atomic E-state index is 0.885. The highest BCUT2D eigenvalue weighted by atomic mass is 16.3. The van der Waals surface area contributed by atoms with Crippen molar-refractivity contribution in [3.05, 3.63) is 255 Å². The molecule has 0 aliphatic carbocycles. The Bertz CT molecular complexity index is 3930. The lowest BCUT2D eigenvalue weighted by Gasteiger charge is -2.28. The number of rotatable bonds is 8. The van der Waals surface area contributed by atoms with Crippen molar-refractivity contribution in [2.24, 2.45) is 0 Å². The Morgan fingerprint density at radius 1 is 0.313 bits per heavy atom. The average Bonchev–Trinajstić information content (AvgIpc) is 3.96. The van der Waals surface area contributed by atoms with Crippen LogP contribution in [-0.4, -0.2) is 4.57 Å². The Balaban J connectivity index is 0.920. The molecule has 314 valence electrons. The predicted octanol–water partition coefficient (Wildman–Crippen LogP) is 18.0. The Hall–Kier alpha value is -8.92. The van der Waals surface area contributed by atoms with Gasteiger partial charge in [0.2, 0.25) is 0 Å². The molecule has 13 rings (SSSR count). The van der Waals surface area contributed by atoms with Gasteiger partial charge in [-0.3, -0.25) is 0 Å². The van der Waals surface area contributed by atoms with Crippen molar-refractivity contribution in [1.82, 2.24) is 4.57 Å². The van der Waals surface area contributed by atoms with E-state index in [1.54, 1.807) is 0 Å². The number of furan rings is 1. The fourth-order valence-electron chi connectivity index (χ4n) is 10.3. The molecular weight excluding hydrogens is 813 g/mol. The van der Waals surface area contributed by atoms with Crippen molar-refractivity contribution < 1.29 is 4.42 Å². The lowest BCUT2D eigenvalue weighted by Crippen LogP contribution is -2.11. The van der Waals surface area contributed by atoms with Crippen LogP contribution in [0.4, 0.5) is 17.1 Å². The second-order valence-electron chi connectivity index (χ2n) is 17.3. The van der Waals surface area contributed by atoms with Gasteiger partial charge in [-0.15, -0.1) is 0 Å². The third-order valence-corrected chi connectivity index (χ3v) is 13.4. The largest absolute Gasteiger partial charge is 0.455 e. The van der Waals surface area contributed by atoms with Crippen LogP contribution in [0.3, 0.4) is 0 Å². The molecule has 0 radical (unpaired) electrons. The molecule has 0 aliphatic heterocycles. The van der Waals surface area contributed by atoms with E-state index in [0.717, 1.165) is 72.5 Å². The van der Waals surface area contributed by atoms with Gasteiger partial charge in [0.1, 0.15) is 11.2 Å². The summed E-state index contributed by atoms with van der Waals surface area (Å²) in [5, 5.41) is 7.24. The van der Waals surface area contributed by atoms with E-state index in [2.05, 4.69) is 258 Å². The monoisotopic (exact) mass is 854 g/mol. The highest BCUT2D eigenvalue weighted by Crippen LogP contribution is 2.45. The molecular formula is C64H42N2O. The topological polar surface area (TPSA) is 21.3 Å². The molecule has 0 saturated carbocycles. The van der Waals surface area contributed by atoms with Gasteiger partial charge in [0, 0.05) is 49.7 Å². The maximum atomic E-state index is 6.64. The van der Waals surface area contributed by atoms with Gasteiger partial charge >= 0.3 is 0 Å². The zero-order valence-electron chi connectivity index (χ0n) is 36.6. The summed E-state index contributed by atoms with van der Waals surface area (Å²) in [7, 11) is 0. The lowest BCUT2D eigenvalue weighted by molar-refractivity contribution is 0.670. The maximum Gasteiger partial charge on any atom is 0.143 e. The van der Waals surface area contributed by atoms with Gasteiger partial charge in [0.25, 0.3) is 0 Å². The third-order valence-electron chi connectivity index (χ3n) is 13.4. The Labute approximate surface area is 388 Å². The van der Waals surface area contributed by atoms with E-state index in [1.807, 2.05) is 6.07 Å². The van der Waals surface area contributed by atoms with Gasteiger partial charge in [-0.1, -0.05) is 188 Å². The predicted molar refractivity (Wildman–Crippen MR) is 282 cm³/mol. The zero-order chi connectivity index (χ0) is 44.3. The van der Waals surface area contributed by atoms with E-state index in [4.69, 9.17) is 4.42 Å². The first-order chi connectivity index (χ1) is 33.2. The van der Waals surface area contributed by atoms with E-state index in [1.165, 1.54) is 49.3 Å². The normalized spacial score (nSPS) is 11.6. The van der Waals surface area contributed by atoms with Crippen molar-refractivity contribution in [3.63, 3.8) is 0 Å². The number of benzene rings is 11. The third kappa shape index (κ3) is 6.59. The van der Waals surface area contributed by atoms with E-state index < -0.39 is 0 Å². The van der Waals surface area contributed by atoms with Crippen molar-refractivity contribution in [2.45, 2.75) is 0 Å². The summed E-state index contributed by atoms with van der Waals surface area (Å²) in [5.41, 5.74) is 17.7. The van der Waals surface area contributed by atoms with Crippen LogP contribution < -0.4 is 4.90 Å². The van der Waals surface area contributed by atoms with Crippen molar-refractivity contribution in [2.75, 3.05) is 4.90 Å². The molecule has 67 heavy (non-hydrogen) atoms. The molecule has 0 atom stereocenters. The smallest absolute Gasteiger partial charge is 0.143 e. The maximum absolute atomic E-state index is 6.64. The molecule has 0 bridgehead atoms. The quantitative estimate of drug-likeness (QED) is 0.152. The van der Waals surface area contributed by atoms with Crippen LogP contribution in [-0.2, 0) is 0 Å². The summed E-state index contributed by atoms with van der Waals surface area (Å²) in [6.45, 7) is 0. The fourth-order valence-corrected chi connectivity index (χ4v) is 10.3. The van der Waals surface area contributed by atoms with Crippen LogP contribution >= 0.6 is 0 Å². The van der Waals surface area contributed by atoms with Crippen molar-refractivity contribution >= 4 is 71.6 Å². The number of fused-ring (bicyclic) bond motifs is 7. The molecule has 0 aliphatic rings. The highest BCUT2D eigenvalue weighted by molar-refractivity contribution is 6.11. The molecule has 13 aromatic rings. The van der Waals surface area contributed by atoms with Crippen LogP contribution in [0, 0.1) is 0 Å². The molecule has 0 saturated heterocycles. The molecule has 0 spiro atoms. The Kier molecular flexibility index (Phi) is 9.17. The van der Waals surface area contributed by atoms with Crippen LogP contribution in [0.1, 0.15) is 0 Å². The molecule has 2 heterocycles. The number of nitrogens with zero attached hydrogens (tertiary/aromatic N) is 2. The second kappa shape index (κ2) is 16.0. The molecule has 0 unspecified atom stereocenters. The fraction of sp³-hybridized carbons (Fsp3) is 0. The number of aromatic nitrogens is 1. The zero-order valence-corrected chi connectivity index (χ0v) is 36.6. The first-order valence-corrected chi connectivity index (χ1v) is 22.9. The summed E-state index contributed by atoms with van der Waals surface area (Å²) >= 11 is 0. The van der Waals surface area contributed by atoms with Crippen LogP contribution in [0.2, 0.25) is 0 Å². The first-order valence-electron chi connectivity index (χ1n) is 22.9. The van der Waals surface area contributed by atoms with Gasteiger partial charge in [0.05, 0.1) is 16.7 Å². The summed E-state index contributed by atoms with van der Waals surface area (Å²) in [6.07, 6.45) is 0. The second-order valence-corrected chi connectivity index (χ2v) is 17.3. The molecule has 3 nitrogen and oxygen atoms in total. The standard InChI is InChI=1S/C64H42N2O/c1-2-21-52-45(15-1)16-13-26-53(52)48-19-11-17-46(41-48)43-33-37-49(38-34-43)65(60-29-7-5-24-56(60)58-27-14-28-59-57-25-6-10-32-63(57)67-64(58)59)50-39-35-44(36-40-50)47-18-12-20-51(42-47)66-61-30-8-3-22-54(61)55-23-4-9-31-62(55)66/h1-42H. The van der Waals surface area contributed by atoms with Crippen LogP contribution in [0.5, 0.6) is 0 Å². The molecule has 2 aromatic heterocycles. The number of hydrogen-bond donors (Lipinski definition) is 0. The minimum Gasteiger partial charge on any atom is -0.455 e. The van der Waals surface area contributed by atoms with Crippen LogP contribution in [0.15, 0.2) is 259 Å². The molecule has 11 aromatic carbocycles. The highest BCUT2D eigenvalue weighted by Gasteiger charge is 2.21. The average molecular weight is 855 g/mol. The Morgan fingerprint density at radius 2 is 0.821 bits per heavy atom. The Morgan fingerprint density at radius 3 is 1.57 bits per heavy atom. The van der Waals surface area contributed by atoms with E-state index in [0.29, 0.717) is 0 Å². The number of hydrogen-bond acceptors (Lipinski definition) is 2. The summed E-state index contributed by atoms with van der Waals surface area (Å²) in [6, 6.07) is 91.8. The lowest BCUT2D eigenvalue weighted by atomic mass is 9.95. The van der Waals surface area contributed by atoms with Crippen molar-refractivity contribution in [1.29, 1.82) is 0 Å².